The molecule has 0 amide bonds. The number of carbonyl (C=O) groups is 1. The number of nitro benzene ring substituents is 1. The topological polar surface area (TPSA) is 108 Å². The third kappa shape index (κ3) is 2.12. The Morgan fingerprint density at radius 3 is 2.00 bits per heavy atom. The van der Waals surface area contributed by atoms with Crippen LogP contribution in [0.3, 0.4) is 0 Å². The zero-order valence-electron chi connectivity index (χ0n) is 9.92. The predicted octanol–water partition coefficient (Wildman–Crippen LogP) is 1.32. The Bertz CT molecular complexity index is 457. The maximum absolute atomic E-state index is 11.0. The van der Waals surface area contributed by atoms with Gasteiger partial charge >= 0.3 is 11.7 Å². The third-order valence-corrected chi connectivity index (χ3v) is 2.21. The largest absolute Gasteiger partial charge is 0.492 e. The van der Waals surface area contributed by atoms with Crippen LogP contribution in [0.15, 0.2) is 6.07 Å². The molecule has 0 saturated carbocycles. The molecule has 0 aliphatic carbocycles. The van der Waals surface area contributed by atoms with Crippen molar-refractivity contribution in [2.24, 2.45) is 0 Å². The van der Waals surface area contributed by atoms with E-state index >= 15 is 0 Å². The van der Waals surface area contributed by atoms with Crippen molar-refractivity contribution < 1.29 is 29.0 Å². The first-order chi connectivity index (χ1) is 8.47. The van der Waals surface area contributed by atoms with Crippen LogP contribution in [0.2, 0.25) is 0 Å². The van der Waals surface area contributed by atoms with Crippen molar-refractivity contribution in [1.82, 2.24) is 0 Å². The number of carboxylic acid groups (broad SMARTS) is 1. The smallest absolute Gasteiger partial charge is 0.339 e. The first-order valence-corrected chi connectivity index (χ1v) is 4.68. The number of nitrogens with zero attached hydrogens (tertiary/aromatic N) is 1. The summed E-state index contributed by atoms with van der Waals surface area (Å²) in [5, 5.41) is 19.8. The van der Waals surface area contributed by atoms with Crippen molar-refractivity contribution in [3.8, 4) is 17.2 Å². The van der Waals surface area contributed by atoms with Gasteiger partial charge in [-0.1, -0.05) is 0 Å². The van der Waals surface area contributed by atoms with E-state index in [0.717, 1.165) is 6.07 Å². The molecule has 0 atom stereocenters. The van der Waals surface area contributed by atoms with Crippen molar-refractivity contribution >= 4 is 11.7 Å². The van der Waals surface area contributed by atoms with E-state index in [9.17, 15) is 14.9 Å². The molecule has 0 heterocycles. The number of nitro groups is 1. The van der Waals surface area contributed by atoms with Crippen LogP contribution in [0.4, 0.5) is 5.69 Å². The highest BCUT2D eigenvalue weighted by molar-refractivity contribution is 5.94. The van der Waals surface area contributed by atoms with Crippen molar-refractivity contribution in [2.45, 2.75) is 0 Å². The monoisotopic (exact) mass is 257 g/mol. The summed E-state index contributed by atoms with van der Waals surface area (Å²) in [6.45, 7) is 0. The summed E-state index contributed by atoms with van der Waals surface area (Å²) < 4.78 is 14.7. The van der Waals surface area contributed by atoms with Crippen LogP contribution < -0.4 is 14.2 Å². The molecule has 8 heteroatoms. The second-order valence-corrected chi connectivity index (χ2v) is 3.11. The van der Waals surface area contributed by atoms with Gasteiger partial charge < -0.3 is 19.3 Å². The zero-order valence-corrected chi connectivity index (χ0v) is 9.92. The molecule has 18 heavy (non-hydrogen) atoms. The van der Waals surface area contributed by atoms with Gasteiger partial charge in [-0.3, -0.25) is 10.1 Å². The lowest BCUT2D eigenvalue weighted by Crippen LogP contribution is -2.06. The molecule has 0 aromatic heterocycles. The van der Waals surface area contributed by atoms with Gasteiger partial charge in [0.05, 0.1) is 26.3 Å². The van der Waals surface area contributed by atoms with Crippen LogP contribution in [0.1, 0.15) is 10.4 Å². The Hall–Kier alpha value is -2.51. The average Bonchev–Trinajstić information content (AvgIpc) is 2.35. The van der Waals surface area contributed by atoms with Gasteiger partial charge in [0.15, 0.2) is 5.75 Å². The molecule has 0 saturated heterocycles. The summed E-state index contributed by atoms with van der Waals surface area (Å²) in [7, 11) is 3.68. The van der Waals surface area contributed by atoms with Crippen LogP contribution in [0.5, 0.6) is 17.2 Å². The summed E-state index contributed by atoms with van der Waals surface area (Å²) in [6.07, 6.45) is 0. The fraction of sp³-hybridized carbons (Fsp3) is 0.300. The number of aromatic carboxylic acids is 1. The van der Waals surface area contributed by atoms with Gasteiger partial charge in [0.25, 0.3) is 0 Å². The number of ether oxygens (including phenoxy) is 3. The quantitative estimate of drug-likeness (QED) is 0.625. The number of hydrogen-bond donors (Lipinski definition) is 1. The molecule has 0 bridgehead atoms. The fourth-order valence-electron chi connectivity index (χ4n) is 1.49. The fourth-order valence-corrected chi connectivity index (χ4v) is 1.49. The third-order valence-electron chi connectivity index (χ3n) is 2.21. The lowest BCUT2D eigenvalue weighted by Gasteiger charge is -2.13. The first kappa shape index (κ1) is 13.6. The van der Waals surface area contributed by atoms with Crippen molar-refractivity contribution in [1.29, 1.82) is 0 Å². The second-order valence-electron chi connectivity index (χ2n) is 3.11. The molecule has 8 nitrogen and oxygen atoms in total. The lowest BCUT2D eigenvalue weighted by atomic mass is 10.1. The van der Waals surface area contributed by atoms with Crippen LogP contribution in [-0.4, -0.2) is 37.3 Å². The highest BCUT2D eigenvalue weighted by Crippen LogP contribution is 2.46. The van der Waals surface area contributed by atoms with Gasteiger partial charge in [0.2, 0.25) is 11.5 Å². The Morgan fingerprint density at radius 2 is 1.67 bits per heavy atom. The van der Waals surface area contributed by atoms with Gasteiger partial charge in [-0.15, -0.1) is 0 Å². The van der Waals surface area contributed by atoms with Gasteiger partial charge in [0.1, 0.15) is 5.56 Å². The molecular formula is C10H11NO7. The van der Waals surface area contributed by atoms with Gasteiger partial charge in [-0.2, -0.15) is 0 Å². The van der Waals surface area contributed by atoms with E-state index in [1.165, 1.54) is 21.3 Å². The molecular weight excluding hydrogens is 246 g/mol. The van der Waals surface area contributed by atoms with Crippen LogP contribution >= 0.6 is 0 Å². The molecule has 1 N–H and O–H groups in total. The van der Waals surface area contributed by atoms with E-state index in [1.54, 1.807) is 0 Å². The molecule has 0 radical (unpaired) electrons. The van der Waals surface area contributed by atoms with Crippen molar-refractivity contribution in [3.63, 3.8) is 0 Å². The predicted molar refractivity (Wildman–Crippen MR) is 59.7 cm³/mol. The number of rotatable bonds is 5. The molecule has 1 aromatic rings. The Kier molecular flexibility index (Phi) is 3.93. The summed E-state index contributed by atoms with van der Waals surface area (Å²) in [5.74, 6) is -1.82. The summed E-state index contributed by atoms with van der Waals surface area (Å²) in [5.41, 5.74) is -0.880. The van der Waals surface area contributed by atoms with Gasteiger partial charge in [0, 0.05) is 6.07 Å². The van der Waals surface area contributed by atoms with Crippen LogP contribution in [0, 0.1) is 10.1 Å². The second kappa shape index (κ2) is 5.21. The number of benzene rings is 1. The SMILES string of the molecule is COc1c(C(=O)O)cc([N+](=O)[O-])c(OC)c1OC. The average molecular weight is 257 g/mol. The molecule has 0 fully saturated rings. The van der Waals surface area contributed by atoms with Crippen molar-refractivity contribution in [2.75, 3.05) is 21.3 Å². The molecule has 1 aromatic carbocycles. The van der Waals surface area contributed by atoms with Gasteiger partial charge in [-0.25, -0.2) is 4.79 Å². The van der Waals surface area contributed by atoms with Gasteiger partial charge in [-0.05, 0) is 0 Å². The summed E-state index contributed by atoms with van der Waals surface area (Å²) in [4.78, 5) is 21.1. The normalized spacial score (nSPS) is 9.72. The van der Waals surface area contributed by atoms with E-state index in [2.05, 4.69) is 0 Å². The maximum atomic E-state index is 11.0. The molecule has 0 spiro atoms. The van der Waals surface area contributed by atoms with Crippen molar-refractivity contribution in [3.05, 3.63) is 21.7 Å². The standard InChI is InChI=1S/C10H11NO7/c1-16-7-5(10(12)13)4-6(11(14)15)8(17-2)9(7)18-3/h4H,1-3H3,(H,12,13). The highest BCUT2D eigenvalue weighted by Gasteiger charge is 2.29. The van der Waals surface area contributed by atoms with E-state index in [-0.39, 0.29) is 22.8 Å². The minimum absolute atomic E-state index is 0.132. The molecule has 0 unspecified atom stereocenters. The maximum Gasteiger partial charge on any atom is 0.339 e. The lowest BCUT2D eigenvalue weighted by molar-refractivity contribution is -0.385. The van der Waals surface area contributed by atoms with E-state index in [4.69, 9.17) is 19.3 Å². The molecule has 1 rings (SSSR count). The Balaban J connectivity index is 3.72. The van der Waals surface area contributed by atoms with E-state index in [1.807, 2.05) is 0 Å². The first-order valence-electron chi connectivity index (χ1n) is 4.68. The summed E-state index contributed by atoms with van der Waals surface area (Å²) in [6, 6.07) is 0.864. The number of hydrogen-bond acceptors (Lipinski definition) is 6. The minimum atomic E-state index is -1.36. The molecule has 0 aliphatic heterocycles. The summed E-state index contributed by atoms with van der Waals surface area (Å²) >= 11 is 0. The highest BCUT2D eigenvalue weighted by atomic mass is 16.6. The Labute approximate surface area is 102 Å². The van der Waals surface area contributed by atoms with Crippen LogP contribution in [0.25, 0.3) is 0 Å². The van der Waals surface area contributed by atoms with Crippen LogP contribution in [-0.2, 0) is 0 Å². The van der Waals surface area contributed by atoms with E-state index < -0.39 is 16.6 Å². The molecule has 98 valence electrons. The zero-order chi connectivity index (χ0) is 13.9. The molecule has 0 aliphatic rings. The van der Waals surface area contributed by atoms with E-state index in [0.29, 0.717) is 0 Å². The minimum Gasteiger partial charge on any atom is -0.492 e. The number of carboxylic acids is 1. The number of methoxy groups -OCH3 is 3. The Morgan fingerprint density at radius 1 is 1.17 bits per heavy atom.